The predicted molar refractivity (Wildman–Crippen MR) is 92.8 cm³/mol. The molecule has 114 valence electrons. The van der Waals surface area contributed by atoms with Crippen LogP contribution in [-0.2, 0) is 16.7 Å². The van der Waals surface area contributed by atoms with Crippen molar-refractivity contribution in [2.45, 2.75) is 5.75 Å². The van der Waals surface area contributed by atoms with E-state index in [4.69, 9.17) is 11.6 Å². The molecule has 0 aliphatic carbocycles. The van der Waals surface area contributed by atoms with E-state index in [1.165, 1.54) is 0 Å². The third-order valence-corrected chi connectivity index (χ3v) is 4.97. The van der Waals surface area contributed by atoms with E-state index in [-0.39, 0.29) is 0 Å². The second-order valence-electron chi connectivity index (χ2n) is 5.19. The molecule has 1 atom stereocenters. The SMILES string of the molecule is CN(C)c1ccccc1CS(=O)n1cnc2cc(Cl)ccc21. The van der Waals surface area contributed by atoms with Gasteiger partial charge in [-0.15, -0.1) is 0 Å². The van der Waals surface area contributed by atoms with Crippen LogP contribution in [0.3, 0.4) is 0 Å². The van der Waals surface area contributed by atoms with Crippen molar-refractivity contribution in [2.24, 2.45) is 0 Å². The van der Waals surface area contributed by atoms with Gasteiger partial charge in [0.25, 0.3) is 0 Å². The lowest BCUT2D eigenvalue weighted by Gasteiger charge is -2.17. The Morgan fingerprint density at radius 3 is 2.77 bits per heavy atom. The molecule has 0 aliphatic rings. The molecule has 3 aromatic rings. The number of anilines is 1. The molecule has 22 heavy (non-hydrogen) atoms. The number of aromatic nitrogens is 2. The van der Waals surface area contributed by atoms with Crippen molar-refractivity contribution < 1.29 is 4.21 Å². The van der Waals surface area contributed by atoms with Gasteiger partial charge in [-0.25, -0.2) is 13.2 Å². The monoisotopic (exact) mass is 333 g/mol. The zero-order valence-corrected chi connectivity index (χ0v) is 13.9. The van der Waals surface area contributed by atoms with Gasteiger partial charge in [0.1, 0.15) is 17.3 Å². The number of imidazole rings is 1. The number of benzene rings is 2. The van der Waals surface area contributed by atoms with Gasteiger partial charge in [0.05, 0.1) is 16.8 Å². The molecule has 0 radical (unpaired) electrons. The Labute approximate surface area is 136 Å². The number of nitrogens with zero attached hydrogens (tertiary/aromatic N) is 3. The summed E-state index contributed by atoms with van der Waals surface area (Å²) in [6.45, 7) is 0. The van der Waals surface area contributed by atoms with Gasteiger partial charge in [-0.3, -0.25) is 0 Å². The molecule has 6 heteroatoms. The maximum absolute atomic E-state index is 12.7. The van der Waals surface area contributed by atoms with Crippen LogP contribution in [0.2, 0.25) is 5.02 Å². The average molecular weight is 334 g/mol. The summed E-state index contributed by atoms with van der Waals surface area (Å²) in [6.07, 6.45) is 1.61. The second-order valence-corrected chi connectivity index (χ2v) is 6.95. The number of para-hydroxylation sites is 1. The fourth-order valence-electron chi connectivity index (χ4n) is 2.40. The molecular formula is C16H16ClN3OS. The molecule has 0 saturated heterocycles. The van der Waals surface area contributed by atoms with Gasteiger partial charge in [-0.05, 0) is 29.8 Å². The minimum absolute atomic E-state index is 0.433. The first kappa shape index (κ1) is 15.1. The molecule has 0 bridgehead atoms. The van der Waals surface area contributed by atoms with Gasteiger partial charge in [-0.2, -0.15) is 0 Å². The van der Waals surface area contributed by atoms with Gasteiger partial charge >= 0.3 is 0 Å². The van der Waals surface area contributed by atoms with Crippen molar-refractivity contribution in [1.29, 1.82) is 0 Å². The summed E-state index contributed by atoms with van der Waals surface area (Å²) in [5.41, 5.74) is 3.69. The topological polar surface area (TPSA) is 38.1 Å². The first-order chi connectivity index (χ1) is 10.6. The predicted octanol–water partition coefficient (Wildman–Crippen LogP) is 3.47. The lowest BCUT2D eigenvalue weighted by Crippen LogP contribution is -2.13. The Hall–Kier alpha value is -1.85. The molecule has 0 spiro atoms. The summed E-state index contributed by atoms with van der Waals surface area (Å²) in [7, 11) is 2.74. The second kappa shape index (κ2) is 6.10. The summed E-state index contributed by atoms with van der Waals surface area (Å²) < 4.78 is 14.4. The van der Waals surface area contributed by atoms with Crippen LogP contribution in [-0.4, -0.2) is 27.3 Å². The Bertz CT molecular complexity index is 844. The van der Waals surface area contributed by atoms with Crippen LogP contribution in [0.1, 0.15) is 5.56 Å². The van der Waals surface area contributed by atoms with Crippen LogP contribution < -0.4 is 4.90 Å². The number of fused-ring (bicyclic) bond motifs is 1. The van der Waals surface area contributed by atoms with Crippen molar-refractivity contribution in [3.05, 3.63) is 59.4 Å². The lowest BCUT2D eigenvalue weighted by atomic mass is 10.2. The Kier molecular flexibility index (Phi) is 4.18. The summed E-state index contributed by atoms with van der Waals surface area (Å²) in [6, 6.07) is 13.4. The molecule has 4 nitrogen and oxygen atoms in total. The van der Waals surface area contributed by atoms with Crippen LogP contribution >= 0.6 is 11.6 Å². The smallest absolute Gasteiger partial charge is 0.129 e. The van der Waals surface area contributed by atoms with Crippen LogP contribution in [0.25, 0.3) is 11.0 Å². The molecule has 2 aromatic carbocycles. The molecule has 1 unspecified atom stereocenters. The van der Waals surface area contributed by atoms with Crippen LogP contribution in [0, 0.1) is 0 Å². The highest BCUT2D eigenvalue weighted by atomic mass is 35.5. The van der Waals surface area contributed by atoms with Crippen molar-refractivity contribution >= 4 is 39.3 Å². The van der Waals surface area contributed by atoms with E-state index >= 15 is 0 Å². The number of hydrogen-bond donors (Lipinski definition) is 0. The highest BCUT2D eigenvalue weighted by Gasteiger charge is 2.12. The van der Waals surface area contributed by atoms with Crippen molar-refractivity contribution in [1.82, 2.24) is 8.96 Å². The Balaban J connectivity index is 1.94. The van der Waals surface area contributed by atoms with E-state index in [2.05, 4.69) is 4.98 Å². The first-order valence-electron chi connectivity index (χ1n) is 6.83. The van der Waals surface area contributed by atoms with Gasteiger partial charge in [0, 0.05) is 24.8 Å². The summed E-state index contributed by atoms with van der Waals surface area (Å²) in [5.74, 6) is 0.433. The number of hydrogen-bond acceptors (Lipinski definition) is 3. The molecule has 0 fully saturated rings. The van der Waals surface area contributed by atoms with Gasteiger partial charge in [0.15, 0.2) is 0 Å². The van der Waals surface area contributed by atoms with E-state index in [0.29, 0.717) is 10.8 Å². The average Bonchev–Trinajstić information content (AvgIpc) is 2.90. The largest absolute Gasteiger partial charge is 0.377 e. The Morgan fingerprint density at radius 1 is 1.23 bits per heavy atom. The zero-order chi connectivity index (χ0) is 15.7. The number of halogens is 1. The molecule has 0 N–H and O–H groups in total. The quantitative estimate of drug-likeness (QED) is 0.733. The third kappa shape index (κ3) is 2.87. The molecule has 3 rings (SSSR count). The summed E-state index contributed by atoms with van der Waals surface area (Å²) >= 11 is 5.96. The van der Waals surface area contributed by atoms with E-state index < -0.39 is 11.0 Å². The maximum atomic E-state index is 12.7. The van der Waals surface area contributed by atoms with Crippen LogP contribution in [0.4, 0.5) is 5.69 Å². The summed E-state index contributed by atoms with van der Waals surface area (Å²) in [4.78, 5) is 6.30. The van der Waals surface area contributed by atoms with Crippen LogP contribution in [0.15, 0.2) is 48.8 Å². The highest BCUT2D eigenvalue weighted by molar-refractivity contribution is 7.82. The maximum Gasteiger partial charge on any atom is 0.129 e. The molecule has 1 heterocycles. The molecule has 0 aliphatic heterocycles. The molecule has 1 aromatic heterocycles. The minimum Gasteiger partial charge on any atom is -0.377 e. The standard InChI is InChI=1S/C16H16ClN3OS/c1-19(2)15-6-4-3-5-12(15)10-22(21)20-11-18-14-9-13(17)7-8-16(14)20/h3-9,11H,10H2,1-2H3. The van der Waals surface area contributed by atoms with Crippen molar-refractivity contribution in [2.75, 3.05) is 19.0 Å². The van der Waals surface area contributed by atoms with Gasteiger partial charge in [0.2, 0.25) is 0 Å². The highest BCUT2D eigenvalue weighted by Crippen LogP contribution is 2.23. The van der Waals surface area contributed by atoms with E-state index in [1.807, 2.05) is 49.3 Å². The van der Waals surface area contributed by atoms with E-state index in [0.717, 1.165) is 22.3 Å². The fraction of sp³-hybridized carbons (Fsp3) is 0.188. The normalized spacial score (nSPS) is 12.5. The fourth-order valence-corrected chi connectivity index (χ4v) is 3.74. The third-order valence-electron chi connectivity index (χ3n) is 3.45. The molecular weight excluding hydrogens is 318 g/mol. The van der Waals surface area contributed by atoms with Gasteiger partial charge < -0.3 is 4.90 Å². The molecule has 0 amide bonds. The minimum atomic E-state index is -1.23. The zero-order valence-electron chi connectivity index (χ0n) is 12.4. The van der Waals surface area contributed by atoms with E-state index in [9.17, 15) is 4.21 Å². The van der Waals surface area contributed by atoms with Crippen molar-refractivity contribution in [3.63, 3.8) is 0 Å². The van der Waals surface area contributed by atoms with Crippen molar-refractivity contribution in [3.8, 4) is 0 Å². The summed E-state index contributed by atoms with van der Waals surface area (Å²) in [5, 5.41) is 0.626. The first-order valence-corrected chi connectivity index (χ1v) is 8.48. The number of rotatable bonds is 4. The van der Waals surface area contributed by atoms with Crippen LogP contribution in [0.5, 0.6) is 0 Å². The Morgan fingerprint density at radius 2 is 2.00 bits per heavy atom. The lowest BCUT2D eigenvalue weighted by molar-refractivity contribution is 0.677. The van der Waals surface area contributed by atoms with Gasteiger partial charge in [-0.1, -0.05) is 29.8 Å². The van der Waals surface area contributed by atoms with E-state index in [1.54, 1.807) is 22.4 Å². The molecule has 0 saturated carbocycles.